The highest BCUT2D eigenvalue weighted by molar-refractivity contribution is 6.12. The molecule has 0 unspecified atom stereocenters. The van der Waals surface area contributed by atoms with Gasteiger partial charge in [-0.1, -0.05) is 38.1 Å². The number of aliphatic hydroxyl groups excluding tert-OH is 1. The lowest BCUT2D eigenvalue weighted by atomic mass is 9.73. The Balaban J connectivity index is 1.48. The van der Waals surface area contributed by atoms with E-state index in [1.807, 2.05) is 13.8 Å². The number of amides is 2. The minimum absolute atomic E-state index is 0.0346. The van der Waals surface area contributed by atoms with Gasteiger partial charge in [-0.15, -0.1) is 5.10 Å². The van der Waals surface area contributed by atoms with E-state index in [0.717, 1.165) is 10.5 Å². The van der Waals surface area contributed by atoms with Crippen LogP contribution in [0.15, 0.2) is 30.5 Å². The fourth-order valence-electron chi connectivity index (χ4n) is 7.17. The first-order chi connectivity index (χ1) is 23.6. The average molecular weight is 705 g/mol. The molecule has 2 fully saturated rings. The maximum Gasteiger partial charge on any atom is 0.253 e. The molecular formula is C36H56N4O10. The molecule has 0 spiro atoms. The second-order valence-electron chi connectivity index (χ2n) is 14.7. The summed E-state index contributed by atoms with van der Waals surface area (Å²) in [5, 5.41) is 19.7. The van der Waals surface area contributed by atoms with Gasteiger partial charge in [-0.3, -0.25) is 24.0 Å². The van der Waals surface area contributed by atoms with Gasteiger partial charge in [-0.25, -0.2) is 0 Å². The predicted molar refractivity (Wildman–Crippen MR) is 182 cm³/mol. The molecular weight excluding hydrogens is 648 g/mol. The lowest BCUT2D eigenvalue weighted by molar-refractivity contribution is -0.222. The van der Waals surface area contributed by atoms with E-state index < -0.39 is 29.7 Å². The van der Waals surface area contributed by atoms with Crippen LogP contribution in [0.5, 0.6) is 0 Å². The van der Waals surface area contributed by atoms with Crippen LogP contribution in [0.2, 0.25) is 0 Å². The zero-order valence-electron chi connectivity index (χ0n) is 30.8. The smallest absolute Gasteiger partial charge is 0.253 e. The first kappa shape index (κ1) is 39.9. The average Bonchev–Trinajstić information content (AvgIpc) is 3.66. The molecule has 0 aromatic carbocycles. The molecule has 2 saturated heterocycles. The number of aromatic nitrogens is 3. The minimum atomic E-state index is -1.40. The first-order valence-corrected chi connectivity index (χ1v) is 17.4. The van der Waals surface area contributed by atoms with Gasteiger partial charge in [0, 0.05) is 83.6 Å². The summed E-state index contributed by atoms with van der Waals surface area (Å²) >= 11 is 0. The number of aliphatic hydroxyl groups is 1. The van der Waals surface area contributed by atoms with E-state index >= 15 is 0 Å². The highest BCUT2D eigenvalue weighted by Gasteiger charge is 2.50. The van der Waals surface area contributed by atoms with Crippen molar-refractivity contribution in [1.82, 2.24) is 19.9 Å². The van der Waals surface area contributed by atoms with Crippen LogP contribution in [0.3, 0.4) is 0 Å². The van der Waals surface area contributed by atoms with E-state index in [-0.39, 0.29) is 67.1 Å². The number of carbonyl (C=O) groups excluding carboxylic acids is 3. The standard InChI is InChI=1S/C36H56N4O10/c1-22-18-36(6,50-24(3)23(22)2)34(44)27(41)16-28(29-17-30(47-9)35(4,5)31(49-29)15-26(46-8)21-45-7)48-14-10-13-39-19-25(37-38-39)20-40-32(42)11-12-33(40)43/h11-12,19,23-24,26,28-31,34,44H,1,10,13-18,20-21H2,2-9H3/t23-,24-,26+,28-,29+,30-,31-,34-,36-/m1/s1. The van der Waals surface area contributed by atoms with Crippen LogP contribution < -0.4 is 0 Å². The Labute approximate surface area is 295 Å². The number of Topliss-reactive ketones (excluding diaryl/α,β-unsaturated/α-hetero) is 1. The minimum Gasteiger partial charge on any atom is -0.382 e. The number of ketones is 1. The fraction of sp³-hybridized carbons (Fsp3) is 0.750. The zero-order chi connectivity index (χ0) is 36.8. The molecule has 50 heavy (non-hydrogen) atoms. The number of ether oxygens (including phenoxy) is 6. The Kier molecular flexibility index (Phi) is 13.7. The summed E-state index contributed by atoms with van der Waals surface area (Å²) in [7, 11) is 4.94. The highest BCUT2D eigenvalue weighted by Crippen LogP contribution is 2.43. The monoisotopic (exact) mass is 704 g/mol. The summed E-state index contributed by atoms with van der Waals surface area (Å²) in [6.45, 7) is 15.2. The molecule has 4 rings (SSSR count). The summed E-state index contributed by atoms with van der Waals surface area (Å²) in [6.07, 6.45) is 2.40. The predicted octanol–water partition coefficient (Wildman–Crippen LogP) is 2.81. The Morgan fingerprint density at radius 1 is 1.16 bits per heavy atom. The molecule has 14 nitrogen and oxygen atoms in total. The van der Waals surface area contributed by atoms with Gasteiger partial charge >= 0.3 is 0 Å². The molecule has 0 saturated carbocycles. The molecule has 3 aliphatic rings. The molecule has 1 aromatic rings. The van der Waals surface area contributed by atoms with Crippen LogP contribution in [0.1, 0.15) is 72.4 Å². The summed E-state index contributed by atoms with van der Waals surface area (Å²) < 4.78 is 38.1. The van der Waals surface area contributed by atoms with E-state index in [4.69, 9.17) is 28.4 Å². The van der Waals surface area contributed by atoms with Crippen LogP contribution in [0.4, 0.5) is 0 Å². The van der Waals surface area contributed by atoms with Crippen molar-refractivity contribution in [3.8, 4) is 0 Å². The summed E-state index contributed by atoms with van der Waals surface area (Å²) in [5.41, 5.74) is -0.0820. The molecule has 14 heteroatoms. The maximum atomic E-state index is 13.9. The third-order valence-corrected chi connectivity index (χ3v) is 10.6. The second-order valence-corrected chi connectivity index (χ2v) is 14.7. The molecule has 1 aromatic heterocycles. The van der Waals surface area contributed by atoms with Crippen molar-refractivity contribution in [1.29, 1.82) is 0 Å². The highest BCUT2D eigenvalue weighted by atomic mass is 16.6. The lowest BCUT2D eigenvalue weighted by Crippen LogP contribution is -2.57. The van der Waals surface area contributed by atoms with Gasteiger partial charge in [0.2, 0.25) is 0 Å². The largest absolute Gasteiger partial charge is 0.382 e. The number of nitrogens with zero attached hydrogens (tertiary/aromatic N) is 4. The van der Waals surface area contributed by atoms with Crippen molar-refractivity contribution < 1.29 is 47.9 Å². The van der Waals surface area contributed by atoms with Crippen molar-refractivity contribution in [2.75, 3.05) is 34.5 Å². The van der Waals surface area contributed by atoms with Crippen LogP contribution >= 0.6 is 0 Å². The summed E-state index contributed by atoms with van der Waals surface area (Å²) in [4.78, 5) is 38.8. The van der Waals surface area contributed by atoms with E-state index in [2.05, 4.69) is 30.7 Å². The van der Waals surface area contributed by atoms with Crippen LogP contribution in [-0.2, 0) is 55.9 Å². The quantitative estimate of drug-likeness (QED) is 0.135. The van der Waals surface area contributed by atoms with Crippen LogP contribution in [0, 0.1) is 11.3 Å². The Morgan fingerprint density at radius 2 is 1.86 bits per heavy atom. The molecule has 3 aliphatic heterocycles. The number of carbonyl (C=O) groups is 3. The summed E-state index contributed by atoms with van der Waals surface area (Å²) in [5.74, 6) is -1.06. The van der Waals surface area contributed by atoms with Gasteiger partial charge in [-0.05, 0) is 20.3 Å². The van der Waals surface area contributed by atoms with Gasteiger partial charge < -0.3 is 33.5 Å². The SMILES string of the molecule is C=C1C[C@](C)([C@H](O)C(=O)C[C@@H](OCCCn2cc(CN3C(=O)C=CC3=O)nn2)[C@@H]2C[C@@H](OC)C(C)(C)[C@@H](C[C@@H](COC)OC)O2)O[C@H](C)[C@@H]1C. The number of hydrogen-bond donors (Lipinski definition) is 1. The Morgan fingerprint density at radius 3 is 2.48 bits per heavy atom. The van der Waals surface area contributed by atoms with Crippen LogP contribution in [0.25, 0.3) is 0 Å². The van der Waals surface area contributed by atoms with E-state index in [1.54, 1.807) is 39.1 Å². The zero-order valence-corrected chi connectivity index (χ0v) is 30.8. The number of imide groups is 1. The van der Waals surface area contributed by atoms with Crippen molar-refractivity contribution >= 4 is 17.6 Å². The molecule has 280 valence electrons. The normalized spacial score (nSPS) is 30.1. The third kappa shape index (κ3) is 9.32. The van der Waals surface area contributed by atoms with Gasteiger partial charge in [0.15, 0.2) is 5.78 Å². The number of hydrogen-bond acceptors (Lipinski definition) is 12. The molecule has 0 radical (unpaired) electrons. The second kappa shape index (κ2) is 17.1. The van der Waals surface area contributed by atoms with Gasteiger partial charge in [-0.2, -0.15) is 0 Å². The van der Waals surface area contributed by atoms with Gasteiger partial charge in [0.05, 0.1) is 56.0 Å². The number of methoxy groups -OCH3 is 3. The number of rotatable bonds is 18. The Hall–Kier alpha value is -2.85. The molecule has 0 aliphatic carbocycles. The summed E-state index contributed by atoms with van der Waals surface area (Å²) in [6, 6.07) is 0. The van der Waals surface area contributed by atoms with E-state index in [0.29, 0.717) is 44.5 Å². The first-order valence-electron chi connectivity index (χ1n) is 17.4. The van der Waals surface area contributed by atoms with Gasteiger partial charge in [0.1, 0.15) is 17.4 Å². The van der Waals surface area contributed by atoms with Crippen molar-refractivity contribution in [2.45, 2.75) is 128 Å². The van der Waals surface area contributed by atoms with Crippen molar-refractivity contribution in [3.05, 3.63) is 36.2 Å². The third-order valence-electron chi connectivity index (χ3n) is 10.6. The number of aryl methyl sites for hydroxylation is 1. The topological polar surface area (TPSA) is 161 Å². The molecule has 2 amide bonds. The molecule has 4 heterocycles. The van der Waals surface area contributed by atoms with E-state index in [1.165, 1.54) is 12.2 Å². The van der Waals surface area contributed by atoms with Gasteiger partial charge in [0.25, 0.3) is 11.8 Å². The lowest BCUT2D eigenvalue weighted by Gasteiger charge is -2.49. The molecule has 9 atom stereocenters. The fourth-order valence-corrected chi connectivity index (χ4v) is 7.17. The van der Waals surface area contributed by atoms with E-state index in [9.17, 15) is 19.5 Å². The Bertz CT molecular complexity index is 1360. The van der Waals surface area contributed by atoms with Crippen LogP contribution in [-0.4, -0.2) is 125 Å². The maximum absolute atomic E-state index is 13.9. The molecule has 0 bridgehead atoms. The molecule has 1 N–H and O–H groups in total. The van der Waals surface area contributed by atoms with Crippen molar-refractivity contribution in [3.63, 3.8) is 0 Å². The van der Waals surface area contributed by atoms with Crippen molar-refractivity contribution in [2.24, 2.45) is 11.3 Å².